The van der Waals surface area contributed by atoms with E-state index in [0.29, 0.717) is 5.56 Å². The summed E-state index contributed by atoms with van der Waals surface area (Å²) in [6.07, 6.45) is 2.73. The van der Waals surface area contributed by atoms with Crippen molar-refractivity contribution in [2.24, 2.45) is 7.05 Å². The first-order chi connectivity index (χ1) is 12.7. The predicted octanol–water partition coefficient (Wildman–Crippen LogP) is 4.98. The van der Waals surface area contributed by atoms with Gasteiger partial charge in [0.15, 0.2) is 6.20 Å². The predicted molar refractivity (Wildman–Crippen MR) is 100 cm³/mol. The van der Waals surface area contributed by atoms with E-state index in [1.807, 2.05) is 24.6 Å². The van der Waals surface area contributed by atoms with Gasteiger partial charge in [-0.3, -0.25) is 0 Å². The molecule has 0 N–H and O–H groups in total. The molecule has 24 heavy (non-hydrogen) atoms. The maximum Gasteiger partial charge on any atom is 0.212 e. The normalized spacial score (nSPS) is 14.6. The standard InChI is InChI=1S/C23H24N/c1-14-6-8-21-19(10-14)12-18-7-9-20(17(4)23(18)21)22-11-15(2)16(3)13-24(22)5/h6-11,13H,12H2,1-5H3/q+1/i3D3. The van der Waals surface area contributed by atoms with Crippen molar-refractivity contribution in [3.63, 3.8) is 0 Å². The summed E-state index contributed by atoms with van der Waals surface area (Å²) in [5.41, 5.74) is 11.4. The van der Waals surface area contributed by atoms with Crippen molar-refractivity contribution in [1.29, 1.82) is 0 Å². The van der Waals surface area contributed by atoms with Crippen LogP contribution in [0.2, 0.25) is 0 Å². The van der Waals surface area contributed by atoms with Gasteiger partial charge in [-0.2, -0.15) is 0 Å². The Labute approximate surface area is 148 Å². The highest BCUT2D eigenvalue weighted by Crippen LogP contribution is 2.42. The van der Waals surface area contributed by atoms with Gasteiger partial charge < -0.3 is 0 Å². The van der Waals surface area contributed by atoms with Crippen LogP contribution in [0.3, 0.4) is 0 Å². The molecule has 3 aromatic rings. The molecule has 4 rings (SSSR count). The van der Waals surface area contributed by atoms with Crippen molar-refractivity contribution in [3.05, 3.63) is 76.0 Å². The molecule has 120 valence electrons. The summed E-state index contributed by atoms with van der Waals surface area (Å²) in [5, 5.41) is 0. The van der Waals surface area contributed by atoms with Crippen LogP contribution in [-0.4, -0.2) is 0 Å². The molecule has 1 aliphatic carbocycles. The van der Waals surface area contributed by atoms with Gasteiger partial charge in [0, 0.05) is 21.3 Å². The molecule has 1 heteroatoms. The smallest absolute Gasteiger partial charge is 0.201 e. The number of nitrogens with zero attached hydrogens (tertiary/aromatic N) is 1. The molecule has 0 fully saturated rings. The number of aryl methyl sites for hydroxylation is 4. The first-order valence-corrected chi connectivity index (χ1v) is 8.40. The molecule has 1 aliphatic rings. The van der Waals surface area contributed by atoms with Crippen LogP contribution in [0.15, 0.2) is 42.6 Å². The van der Waals surface area contributed by atoms with Gasteiger partial charge in [0.05, 0.1) is 0 Å². The molecule has 0 bridgehead atoms. The quantitative estimate of drug-likeness (QED) is 0.436. The van der Waals surface area contributed by atoms with Crippen LogP contribution in [0.5, 0.6) is 0 Å². The summed E-state index contributed by atoms with van der Waals surface area (Å²) in [6.45, 7) is 4.10. The maximum atomic E-state index is 7.75. The second kappa shape index (κ2) is 5.31. The lowest BCUT2D eigenvalue weighted by atomic mass is 9.93. The summed E-state index contributed by atoms with van der Waals surface area (Å²) in [5.74, 6) is 0. The zero-order valence-corrected chi connectivity index (χ0v) is 14.7. The molecule has 0 saturated heterocycles. The lowest BCUT2D eigenvalue weighted by Gasteiger charge is -2.12. The number of fused-ring (bicyclic) bond motifs is 3. The number of pyridine rings is 1. The van der Waals surface area contributed by atoms with E-state index in [9.17, 15) is 0 Å². The highest BCUT2D eigenvalue weighted by atomic mass is 14.9. The van der Waals surface area contributed by atoms with Gasteiger partial charge in [-0.15, -0.1) is 0 Å². The van der Waals surface area contributed by atoms with Crippen LogP contribution in [0.25, 0.3) is 22.4 Å². The van der Waals surface area contributed by atoms with Gasteiger partial charge in [0.25, 0.3) is 0 Å². The van der Waals surface area contributed by atoms with Crippen LogP contribution in [0.1, 0.15) is 37.5 Å². The summed E-state index contributed by atoms with van der Waals surface area (Å²) >= 11 is 0. The molecule has 2 aromatic carbocycles. The third kappa shape index (κ3) is 2.19. The fourth-order valence-electron chi connectivity index (χ4n) is 3.90. The van der Waals surface area contributed by atoms with Crippen molar-refractivity contribution in [2.75, 3.05) is 0 Å². The van der Waals surface area contributed by atoms with Gasteiger partial charge in [-0.25, -0.2) is 4.57 Å². The third-order valence-corrected chi connectivity index (χ3v) is 5.22. The Morgan fingerprint density at radius 2 is 1.71 bits per heavy atom. The van der Waals surface area contributed by atoms with Crippen LogP contribution < -0.4 is 4.57 Å². The average Bonchev–Trinajstić information content (AvgIpc) is 2.94. The van der Waals surface area contributed by atoms with Crippen LogP contribution >= 0.6 is 0 Å². The molecule has 0 aliphatic heterocycles. The fourth-order valence-corrected chi connectivity index (χ4v) is 3.90. The number of rotatable bonds is 1. The molecular formula is C23H24N+. The van der Waals surface area contributed by atoms with E-state index >= 15 is 0 Å². The molecule has 0 saturated carbocycles. The van der Waals surface area contributed by atoms with E-state index in [-0.39, 0.29) is 0 Å². The highest BCUT2D eigenvalue weighted by molar-refractivity contribution is 5.84. The first-order valence-electron chi connectivity index (χ1n) is 9.90. The lowest BCUT2D eigenvalue weighted by Crippen LogP contribution is -2.31. The minimum Gasteiger partial charge on any atom is -0.201 e. The molecule has 0 unspecified atom stereocenters. The first kappa shape index (κ1) is 12.0. The van der Waals surface area contributed by atoms with Gasteiger partial charge >= 0.3 is 0 Å². The Hall–Kier alpha value is -2.41. The molecule has 0 spiro atoms. The Bertz CT molecular complexity index is 1080. The SMILES string of the molecule is [2H]C([2H])([2H])c1c[n+](C)c(-c2ccc3c(c2C)-c2ccc(C)cc2C3)cc1C. The van der Waals surface area contributed by atoms with Crippen molar-refractivity contribution < 1.29 is 8.68 Å². The summed E-state index contributed by atoms with van der Waals surface area (Å²) in [7, 11) is 1.92. The minimum absolute atomic E-state index is 0.411. The van der Waals surface area contributed by atoms with Crippen LogP contribution in [0.4, 0.5) is 0 Å². The second-order valence-electron chi connectivity index (χ2n) is 6.98. The van der Waals surface area contributed by atoms with Crippen LogP contribution in [-0.2, 0) is 13.5 Å². The Morgan fingerprint density at radius 3 is 2.50 bits per heavy atom. The molecule has 1 nitrogen and oxygen atoms in total. The van der Waals surface area contributed by atoms with E-state index < -0.39 is 6.85 Å². The molecule has 1 heterocycles. The number of hydrogen-bond donors (Lipinski definition) is 0. The molecule has 1 aromatic heterocycles. The van der Waals surface area contributed by atoms with Gasteiger partial charge in [0.1, 0.15) is 7.05 Å². The number of aromatic nitrogens is 1. The summed E-state index contributed by atoms with van der Waals surface area (Å²) in [6, 6.07) is 13.1. The topological polar surface area (TPSA) is 3.88 Å². The monoisotopic (exact) mass is 317 g/mol. The van der Waals surface area contributed by atoms with E-state index in [1.54, 1.807) is 6.20 Å². The zero-order chi connectivity index (χ0) is 19.5. The molecule has 0 amide bonds. The van der Waals surface area contributed by atoms with Gasteiger partial charge in [0.2, 0.25) is 5.69 Å². The van der Waals surface area contributed by atoms with E-state index in [1.165, 1.54) is 33.4 Å². The second-order valence-corrected chi connectivity index (χ2v) is 6.98. The van der Waals surface area contributed by atoms with Crippen LogP contribution in [0, 0.1) is 27.6 Å². The van der Waals surface area contributed by atoms with Crippen molar-refractivity contribution in [2.45, 2.75) is 34.0 Å². The van der Waals surface area contributed by atoms with Gasteiger partial charge in [-0.1, -0.05) is 29.8 Å². The van der Waals surface area contributed by atoms with Gasteiger partial charge in [-0.05, 0) is 73.5 Å². The van der Waals surface area contributed by atoms with Crippen molar-refractivity contribution >= 4 is 0 Å². The largest absolute Gasteiger partial charge is 0.212 e. The van der Waals surface area contributed by atoms with E-state index in [4.69, 9.17) is 4.11 Å². The Balaban J connectivity index is 1.90. The number of hydrogen-bond acceptors (Lipinski definition) is 0. The third-order valence-electron chi connectivity index (χ3n) is 5.22. The minimum atomic E-state index is -2.09. The molecular weight excluding hydrogens is 290 g/mol. The lowest BCUT2D eigenvalue weighted by molar-refractivity contribution is -0.660. The van der Waals surface area contributed by atoms with Crippen molar-refractivity contribution in [3.8, 4) is 22.4 Å². The van der Waals surface area contributed by atoms with E-state index in [2.05, 4.69) is 44.2 Å². The Kier molecular flexibility index (Phi) is 2.66. The Morgan fingerprint density at radius 1 is 0.917 bits per heavy atom. The molecule has 0 atom stereocenters. The highest BCUT2D eigenvalue weighted by Gasteiger charge is 2.24. The summed E-state index contributed by atoms with van der Waals surface area (Å²) < 4.78 is 25.2. The average molecular weight is 317 g/mol. The number of benzene rings is 2. The summed E-state index contributed by atoms with van der Waals surface area (Å²) in [4.78, 5) is 0. The van der Waals surface area contributed by atoms with Crippen molar-refractivity contribution in [1.82, 2.24) is 0 Å². The van der Waals surface area contributed by atoms with E-state index in [0.717, 1.165) is 23.2 Å². The molecule has 0 radical (unpaired) electrons. The zero-order valence-electron chi connectivity index (χ0n) is 17.7. The maximum absolute atomic E-state index is 7.75. The fraction of sp³-hybridized carbons (Fsp3) is 0.261.